The van der Waals surface area contributed by atoms with Gasteiger partial charge in [0.1, 0.15) is 11.5 Å². The van der Waals surface area contributed by atoms with Crippen LogP contribution in [0.2, 0.25) is 0 Å². The first-order chi connectivity index (χ1) is 14.9. The number of ether oxygens (including phenoxy) is 2. The van der Waals surface area contributed by atoms with Gasteiger partial charge in [0.2, 0.25) is 11.8 Å². The van der Waals surface area contributed by atoms with E-state index in [9.17, 15) is 9.59 Å². The maximum Gasteiger partial charge on any atom is 0.238 e. The van der Waals surface area contributed by atoms with E-state index in [1.165, 1.54) is 5.56 Å². The fraction of sp³-hybridized carbons (Fsp3) is 0.417. The zero-order valence-corrected chi connectivity index (χ0v) is 18.7. The smallest absolute Gasteiger partial charge is 0.238 e. The predicted molar refractivity (Wildman–Crippen MR) is 122 cm³/mol. The second kappa shape index (κ2) is 10.3. The summed E-state index contributed by atoms with van der Waals surface area (Å²) in [6, 6.07) is 11.2. The van der Waals surface area contributed by atoms with Gasteiger partial charge in [-0.1, -0.05) is 6.07 Å². The SMILES string of the molecule is COc1ccc(NC(=O)C2CCN(CC(=O)Nc3ccc(C)c(C)c3)CC2)c(OC)c1. The van der Waals surface area contributed by atoms with Crippen molar-refractivity contribution in [2.75, 3.05) is 44.5 Å². The Hall–Kier alpha value is -3.06. The van der Waals surface area contributed by atoms with Crippen molar-refractivity contribution in [2.45, 2.75) is 26.7 Å². The van der Waals surface area contributed by atoms with E-state index in [1.807, 2.05) is 32.0 Å². The van der Waals surface area contributed by atoms with Crippen LogP contribution in [0.4, 0.5) is 11.4 Å². The molecular weight excluding hydrogens is 394 g/mol. The van der Waals surface area contributed by atoms with Gasteiger partial charge in [0.25, 0.3) is 0 Å². The van der Waals surface area contributed by atoms with Crippen molar-refractivity contribution < 1.29 is 19.1 Å². The largest absolute Gasteiger partial charge is 0.497 e. The zero-order chi connectivity index (χ0) is 22.4. The fourth-order valence-electron chi connectivity index (χ4n) is 3.71. The molecular formula is C24H31N3O4. The minimum atomic E-state index is -0.0918. The predicted octanol–water partition coefficient (Wildman–Crippen LogP) is 3.61. The molecule has 1 heterocycles. The first kappa shape index (κ1) is 22.6. The summed E-state index contributed by atoms with van der Waals surface area (Å²) in [6.45, 7) is 5.82. The van der Waals surface area contributed by atoms with Crippen molar-refractivity contribution in [1.82, 2.24) is 4.90 Å². The van der Waals surface area contributed by atoms with Crippen molar-refractivity contribution in [3.63, 3.8) is 0 Å². The van der Waals surface area contributed by atoms with Gasteiger partial charge in [-0.15, -0.1) is 0 Å². The van der Waals surface area contributed by atoms with Crippen LogP contribution in [0.5, 0.6) is 11.5 Å². The van der Waals surface area contributed by atoms with E-state index in [2.05, 4.69) is 15.5 Å². The third-order valence-corrected chi connectivity index (χ3v) is 5.78. The van der Waals surface area contributed by atoms with Crippen LogP contribution in [0.25, 0.3) is 0 Å². The minimum Gasteiger partial charge on any atom is -0.497 e. The van der Waals surface area contributed by atoms with Gasteiger partial charge in [-0.3, -0.25) is 14.5 Å². The highest BCUT2D eigenvalue weighted by Gasteiger charge is 2.26. The molecule has 0 aliphatic carbocycles. The maximum absolute atomic E-state index is 12.7. The number of nitrogens with zero attached hydrogens (tertiary/aromatic N) is 1. The molecule has 0 unspecified atom stereocenters. The summed E-state index contributed by atoms with van der Waals surface area (Å²) in [7, 11) is 3.15. The van der Waals surface area contributed by atoms with Crippen LogP contribution in [0, 0.1) is 19.8 Å². The van der Waals surface area contributed by atoms with Gasteiger partial charge >= 0.3 is 0 Å². The van der Waals surface area contributed by atoms with Crippen LogP contribution < -0.4 is 20.1 Å². The molecule has 0 spiro atoms. The van der Waals surface area contributed by atoms with Crippen molar-refractivity contribution in [2.24, 2.45) is 5.92 Å². The highest BCUT2D eigenvalue weighted by atomic mass is 16.5. The number of carbonyl (C=O) groups is 2. The highest BCUT2D eigenvalue weighted by Crippen LogP contribution is 2.30. The number of nitrogens with one attached hydrogen (secondary N) is 2. The molecule has 0 atom stereocenters. The number of benzene rings is 2. The van der Waals surface area contributed by atoms with Crippen LogP contribution in [0.15, 0.2) is 36.4 Å². The lowest BCUT2D eigenvalue weighted by Crippen LogP contribution is -2.41. The van der Waals surface area contributed by atoms with Gasteiger partial charge in [0.05, 0.1) is 26.5 Å². The monoisotopic (exact) mass is 425 g/mol. The molecule has 166 valence electrons. The van der Waals surface area contributed by atoms with E-state index in [0.717, 1.165) is 11.3 Å². The minimum absolute atomic E-state index is 0.0253. The van der Waals surface area contributed by atoms with Gasteiger partial charge < -0.3 is 20.1 Å². The summed E-state index contributed by atoms with van der Waals surface area (Å²) in [5.74, 6) is 1.08. The van der Waals surface area contributed by atoms with Gasteiger partial charge in [0, 0.05) is 17.7 Å². The highest BCUT2D eigenvalue weighted by molar-refractivity contribution is 5.94. The van der Waals surface area contributed by atoms with Crippen LogP contribution in [-0.4, -0.2) is 50.6 Å². The van der Waals surface area contributed by atoms with Gasteiger partial charge in [-0.05, 0) is 75.2 Å². The molecule has 1 fully saturated rings. The summed E-state index contributed by atoms with van der Waals surface area (Å²) in [5, 5.41) is 5.93. The second-order valence-electron chi connectivity index (χ2n) is 7.95. The van der Waals surface area contributed by atoms with Gasteiger partial charge in [0.15, 0.2) is 0 Å². The van der Waals surface area contributed by atoms with E-state index in [0.29, 0.717) is 49.7 Å². The molecule has 1 saturated heterocycles. The first-order valence-corrected chi connectivity index (χ1v) is 10.5. The molecule has 3 rings (SSSR count). The molecule has 1 aliphatic rings. The van der Waals surface area contributed by atoms with E-state index in [-0.39, 0.29) is 17.7 Å². The zero-order valence-electron chi connectivity index (χ0n) is 18.7. The Morgan fingerprint density at radius 3 is 2.35 bits per heavy atom. The normalized spacial score (nSPS) is 14.7. The number of likely N-dealkylation sites (tertiary alicyclic amines) is 1. The number of methoxy groups -OCH3 is 2. The van der Waals surface area contributed by atoms with E-state index >= 15 is 0 Å². The maximum atomic E-state index is 12.7. The summed E-state index contributed by atoms with van der Waals surface area (Å²) in [4.78, 5) is 27.2. The number of aryl methyl sites for hydroxylation is 2. The lowest BCUT2D eigenvalue weighted by Gasteiger charge is -2.30. The summed E-state index contributed by atoms with van der Waals surface area (Å²) >= 11 is 0. The Bertz CT molecular complexity index is 936. The average molecular weight is 426 g/mol. The molecule has 2 N–H and O–H groups in total. The van der Waals surface area contributed by atoms with Gasteiger partial charge in [-0.25, -0.2) is 0 Å². The first-order valence-electron chi connectivity index (χ1n) is 10.5. The third kappa shape index (κ3) is 5.98. The number of rotatable bonds is 7. The standard InChI is InChI=1S/C24H31N3O4/c1-16-5-6-19(13-17(16)2)25-23(28)15-27-11-9-18(10-12-27)24(29)26-21-8-7-20(30-3)14-22(21)31-4/h5-8,13-14,18H,9-12,15H2,1-4H3,(H,25,28)(H,26,29). The van der Waals surface area contributed by atoms with E-state index in [4.69, 9.17) is 9.47 Å². The molecule has 1 aliphatic heterocycles. The molecule has 0 radical (unpaired) electrons. The summed E-state index contributed by atoms with van der Waals surface area (Å²) < 4.78 is 10.5. The third-order valence-electron chi connectivity index (χ3n) is 5.78. The topological polar surface area (TPSA) is 79.9 Å². The van der Waals surface area contributed by atoms with Crippen molar-refractivity contribution in [3.8, 4) is 11.5 Å². The van der Waals surface area contributed by atoms with E-state index < -0.39 is 0 Å². The Balaban J connectivity index is 1.48. The van der Waals surface area contributed by atoms with Crippen LogP contribution >= 0.6 is 0 Å². The molecule has 2 aromatic carbocycles. The summed E-state index contributed by atoms with van der Waals surface area (Å²) in [6.07, 6.45) is 1.42. The molecule has 2 amide bonds. The quantitative estimate of drug-likeness (QED) is 0.708. The molecule has 0 bridgehead atoms. The number of amides is 2. The molecule has 7 nitrogen and oxygen atoms in total. The Kier molecular flexibility index (Phi) is 7.52. The van der Waals surface area contributed by atoms with Crippen LogP contribution in [-0.2, 0) is 9.59 Å². The van der Waals surface area contributed by atoms with Crippen LogP contribution in [0.3, 0.4) is 0 Å². The number of hydrogen-bond acceptors (Lipinski definition) is 5. The number of piperidine rings is 1. The average Bonchev–Trinajstić information content (AvgIpc) is 2.77. The number of anilines is 2. The van der Waals surface area contributed by atoms with Crippen molar-refractivity contribution in [3.05, 3.63) is 47.5 Å². The molecule has 0 aromatic heterocycles. The molecule has 2 aromatic rings. The second-order valence-corrected chi connectivity index (χ2v) is 7.95. The fourth-order valence-corrected chi connectivity index (χ4v) is 3.71. The summed E-state index contributed by atoms with van der Waals surface area (Å²) in [5.41, 5.74) is 3.79. The molecule has 0 saturated carbocycles. The van der Waals surface area contributed by atoms with Crippen molar-refractivity contribution >= 4 is 23.2 Å². The Labute approximate surface area is 183 Å². The van der Waals surface area contributed by atoms with Gasteiger partial charge in [-0.2, -0.15) is 0 Å². The van der Waals surface area contributed by atoms with Crippen molar-refractivity contribution in [1.29, 1.82) is 0 Å². The Morgan fingerprint density at radius 1 is 0.968 bits per heavy atom. The van der Waals surface area contributed by atoms with Crippen LogP contribution in [0.1, 0.15) is 24.0 Å². The molecule has 31 heavy (non-hydrogen) atoms. The number of carbonyl (C=O) groups excluding carboxylic acids is 2. The molecule has 7 heteroatoms. The Morgan fingerprint density at radius 2 is 1.71 bits per heavy atom. The number of hydrogen-bond donors (Lipinski definition) is 2. The lowest BCUT2D eigenvalue weighted by molar-refractivity contribution is -0.121. The van der Waals surface area contributed by atoms with E-state index in [1.54, 1.807) is 32.4 Å². The lowest BCUT2D eigenvalue weighted by atomic mass is 9.95.